The largest absolute Gasteiger partial charge is 0.416 e. The quantitative estimate of drug-likeness (QED) is 0.448. The number of anilines is 1. The Bertz CT molecular complexity index is 1070. The second-order valence-corrected chi connectivity index (χ2v) is 7.60. The molecule has 0 unspecified atom stereocenters. The van der Waals surface area contributed by atoms with Crippen molar-refractivity contribution in [2.45, 2.75) is 6.18 Å². The molecule has 1 fully saturated rings. The number of carbonyl (C=O) groups is 1. The molecule has 0 bridgehead atoms. The highest BCUT2D eigenvalue weighted by Gasteiger charge is 2.40. The number of halogens is 5. The third-order valence-corrected chi connectivity index (χ3v) is 5.58. The zero-order chi connectivity index (χ0) is 23.8. The zero-order valence-electron chi connectivity index (χ0n) is 15.9. The molecule has 1 aliphatic rings. The van der Waals surface area contributed by atoms with Gasteiger partial charge in [0.2, 0.25) is 0 Å². The third kappa shape index (κ3) is 4.70. The first-order chi connectivity index (χ1) is 14.9. The second kappa shape index (κ2) is 8.79. The fourth-order valence-corrected chi connectivity index (χ4v) is 3.61. The van der Waals surface area contributed by atoms with Gasteiger partial charge in [0, 0.05) is 43.9 Å². The first-order valence-electron chi connectivity index (χ1n) is 8.93. The molecular formula is C18H13Cl2F3N4O5. The van der Waals surface area contributed by atoms with E-state index in [0.717, 1.165) is 0 Å². The number of hydrogen-bond acceptors (Lipinski definition) is 6. The van der Waals surface area contributed by atoms with Gasteiger partial charge in [-0.1, -0.05) is 23.2 Å². The molecule has 1 aliphatic heterocycles. The number of amides is 1. The number of nitrogens with zero attached hydrogens (tertiary/aromatic N) is 4. The summed E-state index contributed by atoms with van der Waals surface area (Å²) < 4.78 is 39.2. The molecule has 0 spiro atoms. The van der Waals surface area contributed by atoms with E-state index in [1.165, 1.54) is 28.0 Å². The van der Waals surface area contributed by atoms with Crippen LogP contribution in [0.25, 0.3) is 0 Å². The summed E-state index contributed by atoms with van der Waals surface area (Å²) in [5.74, 6) is -0.403. The van der Waals surface area contributed by atoms with Gasteiger partial charge in [0.15, 0.2) is 5.69 Å². The summed E-state index contributed by atoms with van der Waals surface area (Å²) in [7, 11) is 0. The van der Waals surface area contributed by atoms with Crippen LogP contribution in [0.15, 0.2) is 30.3 Å². The molecule has 0 aliphatic carbocycles. The lowest BCUT2D eigenvalue weighted by Crippen LogP contribution is -2.49. The fraction of sp³-hybridized carbons (Fsp3) is 0.278. The summed E-state index contributed by atoms with van der Waals surface area (Å²) in [6.07, 6.45) is -5.00. The average molecular weight is 493 g/mol. The standard InChI is InChI=1S/C18H13Cl2F3N4O5/c19-12-2-1-10(7-13(12)20)17(28)25-5-3-24(4-6-25)16-14(26(29)30)8-11(18(21,22)23)9-15(16)27(31)32/h1-2,7-9H,3-6H2. The van der Waals surface area contributed by atoms with E-state index in [2.05, 4.69) is 0 Å². The highest BCUT2D eigenvalue weighted by Crippen LogP contribution is 2.43. The van der Waals surface area contributed by atoms with E-state index in [1.807, 2.05) is 0 Å². The van der Waals surface area contributed by atoms with Crippen molar-refractivity contribution in [3.63, 3.8) is 0 Å². The van der Waals surface area contributed by atoms with E-state index >= 15 is 0 Å². The van der Waals surface area contributed by atoms with Crippen LogP contribution in [0.1, 0.15) is 15.9 Å². The summed E-state index contributed by atoms with van der Waals surface area (Å²) in [6.45, 7) is -0.0942. The lowest BCUT2D eigenvalue weighted by molar-refractivity contribution is -0.393. The Morgan fingerprint density at radius 3 is 1.88 bits per heavy atom. The van der Waals surface area contributed by atoms with Crippen molar-refractivity contribution in [3.8, 4) is 0 Å². The Kier molecular flexibility index (Phi) is 6.46. The maximum absolute atomic E-state index is 13.1. The topological polar surface area (TPSA) is 110 Å². The Hall–Kier alpha value is -3.12. The predicted molar refractivity (Wildman–Crippen MR) is 109 cm³/mol. The molecule has 0 saturated carbocycles. The van der Waals surface area contributed by atoms with Gasteiger partial charge in [-0.25, -0.2) is 0 Å². The predicted octanol–water partition coefficient (Wildman–Crippen LogP) is 4.79. The first kappa shape index (κ1) is 23.5. The summed E-state index contributed by atoms with van der Waals surface area (Å²) >= 11 is 11.8. The lowest BCUT2D eigenvalue weighted by Gasteiger charge is -2.35. The van der Waals surface area contributed by atoms with E-state index in [9.17, 15) is 38.2 Å². The fourth-order valence-electron chi connectivity index (χ4n) is 3.32. The minimum Gasteiger partial charge on any atom is -0.357 e. The Morgan fingerprint density at radius 2 is 1.44 bits per heavy atom. The maximum atomic E-state index is 13.1. The number of hydrogen-bond donors (Lipinski definition) is 0. The van der Waals surface area contributed by atoms with Crippen molar-refractivity contribution in [2.24, 2.45) is 0 Å². The molecule has 0 aromatic heterocycles. The summed E-state index contributed by atoms with van der Waals surface area (Å²) in [6, 6.07) is 4.84. The van der Waals surface area contributed by atoms with Gasteiger partial charge in [0.1, 0.15) is 0 Å². The van der Waals surface area contributed by atoms with E-state index in [1.54, 1.807) is 0 Å². The molecule has 170 valence electrons. The summed E-state index contributed by atoms with van der Waals surface area (Å²) in [5.41, 5.74) is -3.84. The molecule has 9 nitrogen and oxygen atoms in total. The molecule has 0 atom stereocenters. The SMILES string of the molecule is O=C(c1ccc(Cl)c(Cl)c1)N1CCN(c2c([N+](=O)[O-])cc(C(F)(F)F)cc2[N+](=O)[O-])CC1. The number of nitro groups is 2. The van der Waals surface area contributed by atoms with E-state index in [4.69, 9.17) is 23.2 Å². The number of rotatable bonds is 4. The van der Waals surface area contributed by atoms with Crippen LogP contribution >= 0.6 is 23.2 Å². The van der Waals surface area contributed by atoms with Gasteiger partial charge in [0.05, 0.1) is 25.5 Å². The van der Waals surface area contributed by atoms with E-state index < -0.39 is 44.6 Å². The Balaban J connectivity index is 1.90. The van der Waals surface area contributed by atoms with Gasteiger partial charge in [-0.15, -0.1) is 0 Å². The molecule has 0 N–H and O–H groups in total. The van der Waals surface area contributed by atoms with Gasteiger partial charge in [-0.2, -0.15) is 13.2 Å². The maximum Gasteiger partial charge on any atom is 0.416 e. The van der Waals surface area contributed by atoms with Crippen molar-refractivity contribution >= 4 is 46.2 Å². The number of benzene rings is 2. The van der Waals surface area contributed by atoms with Crippen LogP contribution in [-0.2, 0) is 6.18 Å². The number of alkyl halides is 3. The van der Waals surface area contributed by atoms with Crippen LogP contribution in [0.5, 0.6) is 0 Å². The van der Waals surface area contributed by atoms with Crippen molar-refractivity contribution in [1.29, 1.82) is 0 Å². The van der Waals surface area contributed by atoms with Gasteiger partial charge < -0.3 is 9.80 Å². The molecule has 2 aromatic rings. The Morgan fingerprint density at radius 1 is 0.906 bits per heavy atom. The van der Waals surface area contributed by atoms with Gasteiger partial charge >= 0.3 is 6.18 Å². The molecule has 3 rings (SSSR count). The van der Waals surface area contributed by atoms with E-state index in [0.29, 0.717) is 0 Å². The van der Waals surface area contributed by atoms with Crippen LogP contribution in [0.2, 0.25) is 10.0 Å². The van der Waals surface area contributed by atoms with E-state index in [-0.39, 0.29) is 53.9 Å². The van der Waals surface area contributed by atoms with Gasteiger partial charge in [-0.3, -0.25) is 25.0 Å². The minimum absolute atomic E-state index is 0.0222. The summed E-state index contributed by atoms with van der Waals surface area (Å²) in [5, 5.41) is 23.3. The number of carbonyl (C=O) groups excluding carboxylic acids is 1. The van der Waals surface area contributed by atoms with Crippen molar-refractivity contribution in [2.75, 3.05) is 31.1 Å². The average Bonchev–Trinajstić information content (AvgIpc) is 2.73. The van der Waals surface area contributed by atoms with Crippen LogP contribution in [0, 0.1) is 20.2 Å². The highest BCUT2D eigenvalue weighted by atomic mass is 35.5. The monoisotopic (exact) mass is 492 g/mol. The molecule has 0 radical (unpaired) electrons. The van der Waals surface area contributed by atoms with Crippen LogP contribution in [0.3, 0.4) is 0 Å². The normalized spacial score (nSPS) is 14.4. The molecule has 1 saturated heterocycles. The molecule has 2 aromatic carbocycles. The Labute approximate surface area is 188 Å². The van der Waals surface area contributed by atoms with Crippen LogP contribution in [-0.4, -0.2) is 46.8 Å². The van der Waals surface area contributed by atoms with Crippen molar-refractivity contribution in [3.05, 3.63) is 71.7 Å². The smallest absolute Gasteiger partial charge is 0.357 e. The molecular weight excluding hydrogens is 480 g/mol. The van der Waals surface area contributed by atoms with Crippen molar-refractivity contribution in [1.82, 2.24) is 4.90 Å². The number of piperazine rings is 1. The minimum atomic E-state index is -5.00. The first-order valence-corrected chi connectivity index (χ1v) is 9.69. The third-order valence-electron chi connectivity index (χ3n) is 4.84. The molecule has 1 amide bonds. The number of nitro benzene ring substituents is 2. The zero-order valence-corrected chi connectivity index (χ0v) is 17.4. The lowest BCUT2D eigenvalue weighted by atomic mass is 10.1. The van der Waals surface area contributed by atoms with Gasteiger partial charge in [-0.05, 0) is 18.2 Å². The van der Waals surface area contributed by atoms with Crippen molar-refractivity contribution < 1.29 is 27.8 Å². The van der Waals surface area contributed by atoms with Crippen LogP contribution < -0.4 is 4.90 Å². The molecule has 32 heavy (non-hydrogen) atoms. The molecule has 1 heterocycles. The summed E-state index contributed by atoms with van der Waals surface area (Å²) in [4.78, 5) is 36.0. The molecule has 14 heteroatoms. The highest BCUT2D eigenvalue weighted by molar-refractivity contribution is 6.42. The second-order valence-electron chi connectivity index (χ2n) is 6.78. The van der Waals surface area contributed by atoms with Gasteiger partial charge in [0.25, 0.3) is 17.3 Å². The van der Waals surface area contributed by atoms with Crippen LogP contribution in [0.4, 0.5) is 30.2 Å².